The minimum absolute atomic E-state index is 0.0418. The fourth-order valence-corrected chi connectivity index (χ4v) is 2.73. The van der Waals surface area contributed by atoms with Crippen LogP contribution in [0.2, 0.25) is 0 Å². The van der Waals surface area contributed by atoms with Crippen LogP contribution in [0, 0.1) is 0 Å². The number of hydrogen-bond acceptors (Lipinski definition) is 3. The van der Waals surface area contributed by atoms with Crippen molar-refractivity contribution < 1.29 is 14.7 Å². The minimum Gasteiger partial charge on any atom is -0.475 e. The zero-order valence-corrected chi connectivity index (χ0v) is 14.0. The molecule has 3 rings (SSSR count). The lowest BCUT2D eigenvalue weighted by molar-refractivity contribution is -0.146. The van der Waals surface area contributed by atoms with E-state index in [1.54, 1.807) is 12.1 Å². The molecule has 0 aliphatic rings. The Hall–Kier alpha value is -2.79. The van der Waals surface area contributed by atoms with Crippen LogP contribution in [0.3, 0.4) is 0 Å². The SMILES string of the molecule is O=C(O)C(=O)C(=Cc1ccccc1Br)c1ccc2ccccc2n1. The van der Waals surface area contributed by atoms with Gasteiger partial charge < -0.3 is 5.11 Å². The molecule has 5 heteroatoms. The van der Waals surface area contributed by atoms with E-state index in [4.69, 9.17) is 5.11 Å². The van der Waals surface area contributed by atoms with E-state index in [-0.39, 0.29) is 5.57 Å². The lowest BCUT2D eigenvalue weighted by atomic mass is 10.0. The normalized spacial score (nSPS) is 11.5. The van der Waals surface area contributed by atoms with Crippen molar-refractivity contribution in [3.63, 3.8) is 0 Å². The van der Waals surface area contributed by atoms with Gasteiger partial charge in [0.1, 0.15) is 0 Å². The highest BCUT2D eigenvalue weighted by molar-refractivity contribution is 9.10. The Balaban J connectivity index is 2.18. The van der Waals surface area contributed by atoms with Crippen LogP contribution in [-0.2, 0) is 9.59 Å². The Morgan fingerprint density at radius 2 is 1.67 bits per heavy atom. The average Bonchev–Trinajstić information content (AvgIpc) is 2.60. The van der Waals surface area contributed by atoms with Crippen molar-refractivity contribution in [1.29, 1.82) is 0 Å². The summed E-state index contributed by atoms with van der Waals surface area (Å²) in [6, 6.07) is 18.2. The summed E-state index contributed by atoms with van der Waals surface area (Å²) >= 11 is 3.40. The standard InChI is InChI=1S/C19H12BrNO3/c20-15-7-3-1-6-13(15)11-14(18(22)19(23)24)17-10-9-12-5-2-4-8-16(12)21-17/h1-11H,(H,23,24). The fourth-order valence-electron chi connectivity index (χ4n) is 2.33. The van der Waals surface area contributed by atoms with Gasteiger partial charge in [-0.05, 0) is 29.8 Å². The molecule has 0 fully saturated rings. The third-order valence-corrected chi connectivity index (χ3v) is 4.24. The third-order valence-electron chi connectivity index (χ3n) is 3.52. The molecule has 0 spiro atoms. The summed E-state index contributed by atoms with van der Waals surface area (Å²) in [6.07, 6.45) is 1.54. The molecule has 0 saturated carbocycles. The number of pyridine rings is 1. The van der Waals surface area contributed by atoms with Gasteiger partial charge in [-0.15, -0.1) is 0 Å². The van der Waals surface area contributed by atoms with E-state index >= 15 is 0 Å². The van der Waals surface area contributed by atoms with Gasteiger partial charge in [-0.1, -0.05) is 58.4 Å². The summed E-state index contributed by atoms with van der Waals surface area (Å²) in [6.45, 7) is 0. The Kier molecular flexibility index (Phi) is 4.53. The van der Waals surface area contributed by atoms with Gasteiger partial charge in [0.05, 0.1) is 16.8 Å². The predicted octanol–water partition coefficient (Wildman–Crippen LogP) is 4.19. The van der Waals surface area contributed by atoms with Crippen molar-refractivity contribution in [3.8, 4) is 0 Å². The molecule has 0 radical (unpaired) electrons. The number of benzene rings is 2. The van der Waals surface area contributed by atoms with E-state index < -0.39 is 11.8 Å². The summed E-state index contributed by atoms with van der Waals surface area (Å²) in [5.74, 6) is -2.50. The van der Waals surface area contributed by atoms with Gasteiger partial charge in [0, 0.05) is 9.86 Å². The number of hydrogen-bond donors (Lipinski definition) is 1. The molecule has 1 heterocycles. The Morgan fingerprint density at radius 1 is 0.958 bits per heavy atom. The van der Waals surface area contributed by atoms with Crippen LogP contribution in [0.25, 0.3) is 22.6 Å². The largest absolute Gasteiger partial charge is 0.475 e. The van der Waals surface area contributed by atoms with Crippen LogP contribution in [0.1, 0.15) is 11.3 Å². The molecule has 0 aliphatic heterocycles. The molecular formula is C19H12BrNO3. The van der Waals surface area contributed by atoms with Gasteiger partial charge in [0.15, 0.2) is 0 Å². The second-order valence-corrected chi connectivity index (χ2v) is 5.96. The van der Waals surface area contributed by atoms with Crippen LogP contribution < -0.4 is 0 Å². The molecule has 0 aliphatic carbocycles. The van der Waals surface area contributed by atoms with Gasteiger partial charge >= 0.3 is 5.97 Å². The van der Waals surface area contributed by atoms with Gasteiger partial charge in [-0.25, -0.2) is 9.78 Å². The minimum atomic E-state index is -1.51. The van der Waals surface area contributed by atoms with E-state index in [1.165, 1.54) is 6.08 Å². The van der Waals surface area contributed by atoms with E-state index in [1.807, 2.05) is 48.5 Å². The number of para-hydroxylation sites is 1. The number of rotatable bonds is 4. The molecule has 0 amide bonds. The third kappa shape index (κ3) is 3.26. The van der Waals surface area contributed by atoms with Crippen LogP contribution >= 0.6 is 15.9 Å². The van der Waals surface area contributed by atoms with Crippen molar-refractivity contribution in [1.82, 2.24) is 4.98 Å². The number of aliphatic carboxylic acids is 1. The summed E-state index contributed by atoms with van der Waals surface area (Å²) in [7, 11) is 0. The van der Waals surface area contributed by atoms with Crippen LogP contribution in [0.4, 0.5) is 0 Å². The molecule has 3 aromatic rings. The van der Waals surface area contributed by atoms with Crippen LogP contribution in [0.5, 0.6) is 0 Å². The topological polar surface area (TPSA) is 67.3 Å². The van der Waals surface area contributed by atoms with Gasteiger partial charge in [-0.2, -0.15) is 0 Å². The number of Topliss-reactive ketones (excluding diaryl/α,β-unsaturated/α-hetero) is 1. The smallest absolute Gasteiger partial charge is 0.377 e. The molecule has 1 N–H and O–H groups in total. The number of halogens is 1. The Morgan fingerprint density at radius 3 is 2.42 bits per heavy atom. The van der Waals surface area contributed by atoms with Gasteiger partial charge in [-0.3, -0.25) is 4.79 Å². The zero-order valence-electron chi connectivity index (χ0n) is 12.4. The zero-order chi connectivity index (χ0) is 17.1. The Labute approximate surface area is 146 Å². The first-order chi connectivity index (χ1) is 11.6. The van der Waals surface area contributed by atoms with Crippen molar-refractivity contribution in [2.24, 2.45) is 0 Å². The maximum absolute atomic E-state index is 12.2. The van der Waals surface area contributed by atoms with E-state index in [9.17, 15) is 9.59 Å². The van der Waals surface area contributed by atoms with Gasteiger partial charge in [0.25, 0.3) is 5.78 Å². The van der Waals surface area contributed by atoms with Crippen molar-refractivity contribution >= 4 is 50.2 Å². The molecule has 0 unspecified atom stereocenters. The Bertz CT molecular complexity index is 979. The molecule has 0 atom stereocenters. The second-order valence-electron chi connectivity index (χ2n) is 5.10. The fraction of sp³-hybridized carbons (Fsp3) is 0. The number of carbonyl (C=O) groups is 2. The summed E-state index contributed by atoms with van der Waals surface area (Å²) in [5, 5.41) is 10.1. The number of nitrogens with zero attached hydrogens (tertiary/aromatic N) is 1. The number of ketones is 1. The van der Waals surface area contributed by atoms with E-state index in [2.05, 4.69) is 20.9 Å². The molecule has 4 nitrogen and oxygen atoms in total. The number of carboxylic acid groups (broad SMARTS) is 1. The maximum Gasteiger partial charge on any atom is 0.377 e. The van der Waals surface area contributed by atoms with E-state index in [0.717, 1.165) is 9.86 Å². The first-order valence-corrected chi connectivity index (χ1v) is 7.95. The quantitative estimate of drug-likeness (QED) is 0.543. The van der Waals surface area contributed by atoms with Crippen molar-refractivity contribution in [2.45, 2.75) is 0 Å². The molecule has 24 heavy (non-hydrogen) atoms. The number of fused-ring (bicyclic) bond motifs is 1. The molecule has 0 bridgehead atoms. The summed E-state index contributed by atoms with van der Waals surface area (Å²) < 4.78 is 0.765. The first-order valence-electron chi connectivity index (χ1n) is 7.16. The number of carbonyl (C=O) groups excluding carboxylic acids is 1. The predicted molar refractivity (Wildman–Crippen MR) is 96.4 cm³/mol. The molecular weight excluding hydrogens is 370 g/mol. The van der Waals surface area contributed by atoms with Crippen LogP contribution in [-0.4, -0.2) is 21.8 Å². The number of carboxylic acids is 1. The average molecular weight is 382 g/mol. The highest BCUT2D eigenvalue weighted by Gasteiger charge is 2.21. The van der Waals surface area contributed by atoms with Crippen LogP contribution in [0.15, 0.2) is 65.1 Å². The van der Waals surface area contributed by atoms with Crippen molar-refractivity contribution in [3.05, 3.63) is 76.4 Å². The molecule has 0 saturated heterocycles. The molecule has 2 aromatic carbocycles. The second kappa shape index (κ2) is 6.76. The van der Waals surface area contributed by atoms with Gasteiger partial charge in [0.2, 0.25) is 0 Å². The lowest BCUT2D eigenvalue weighted by Gasteiger charge is -2.07. The highest BCUT2D eigenvalue weighted by atomic mass is 79.9. The summed E-state index contributed by atoms with van der Waals surface area (Å²) in [4.78, 5) is 27.8. The van der Waals surface area contributed by atoms with E-state index in [0.29, 0.717) is 16.8 Å². The number of aromatic nitrogens is 1. The molecule has 118 valence electrons. The summed E-state index contributed by atoms with van der Waals surface area (Å²) in [5.41, 5.74) is 1.78. The highest BCUT2D eigenvalue weighted by Crippen LogP contribution is 2.25. The molecule has 1 aromatic heterocycles. The lowest BCUT2D eigenvalue weighted by Crippen LogP contribution is -2.15. The first kappa shape index (κ1) is 16.1. The monoisotopic (exact) mass is 381 g/mol. The maximum atomic E-state index is 12.2. The van der Waals surface area contributed by atoms with Crippen molar-refractivity contribution in [2.75, 3.05) is 0 Å².